The summed E-state index contributed by atoms with van der Waals surface area (Å²) >= 11 is 1.27. The number of benzene rings is 1. The molecule has 0 aliphatic carbocycles. The molecule has 0 radical (unpaired) electrons. The summed E-state index contributed by atoms with van der Waals surface area (Å²) < 4.78 is 4.66. The highest BCUT2D eigenvalue weighted by Crippen LogP contribution is 2.22. The molecule has 0 aliphatic rings. The number of aromatic nitrogens is 1. The lowest BCUT2D eigenvalue weighted by Gasteiger charge is -2.22. The van der Waals surface area contributed by atoms with Gasteiger partial charge in [-0.25, -0.2) is 9.78 Å². The summed E-state index contributed by atoms with van der Waals surface area (Å²) in [4.78, 5) is 41.1. The van der Waals surface area contributed by atoms with Gasteiger partial charge < -0.3 is 9.64 Å². The van der Waals surface area contributed by atoms with E-state index in [0.29, 0.717) is 17.1 Å². The molecule has 0 atom stereocenters. The highest BCUT2D eigenvalue weighted by Gasteiger charge is 2.21. The largest absolute Gasteiger partial charge is 0.464 e. The predicted molar refractivity (Wildman–Crippen MR) is 106 cm³/mol. The van der Waals surface area contributed by atoms with E-state index >= 15 is 0 Å². The Morgan fingerprint density at radius 2 is 2.07 bits per heavy atom. The third-order valence-corrected chi connectivity index (χ3v) is 5.08. The van der Waals surface area contributed by atoms with Crippen LogP contribution in [0.3, 0.4) is 0 Å². The Balaban J connectivity index is 2.25. The van der Waals surface area contributed by atoms with Crippen LogP contribution in [-0.4, -0.2) is 40.3 Å². The van der Waals surface area contributed by atoms with Crippen LogP contribution in [0.25, 0.3) is 0 Å². The van der Waals surface area contributed by atoms with Gasteiger partial charge in [-0.2, -0.15) is 0 Å². The van der Waals surface area contributed by atoms with Crippen LogP contribution < -0.4 is 0 Å². The second-order valence-electron chi connectivity index (χ2n) is 6.31. The van der Waals surface area contributed by atoms with E-state index in [1.807, 2.05) is 0 Å². The normalized spacial score (nSPS) is 10.5. The quantitative estimate of drug-likeness (QED) is 0.271. The number of ether oxygens (including phenoxy) is 1. The van der Waals surface area contributed by atoms with E-state index in [-0.39, 0.29) is 29.4 Å². The van der Waals surface area contributed by atoms with Gasteiger partial charge in [0.1, 0.15) is 5.01 Å². The molecule has 0 bridgehead atoms. The molecule has 2 rings (SSSR count). The molecule has 2 aromatic rings. The lowest BCUT2D eigenvalue weighted by Crippen LogP contribution is -2.31. The molecule has 0 fully saturated rings. The van der Waals surface area contributed by atoms with Crippen LogP contribution in [0.4, 0.5) is 5.69 Å². The smallest absolute Gasteiger partial charge is 0.357 e. The summed E-state index contributed by atoms with van der Waals surface area (Å²) in [6.07, 6.45) is 2.77. The lowest BCUT2D eigenvalue weighted by atomic mass is 10.1. The average molecular weight is 405 g/mol. The van der Waals surface area contributed by atoms with Crippen LogP contribution in [0.15, 0.2) is 23.6 Å². The minimum atomic E-state index is -0.527. The number of unbranched alkanes of at least 4 members (excludes halogenated alkanes) is 2. The first-order chi connectivity index (χ1) is 13.4. The molecule has 1 aromatic heterocycles. The molecule has 9 heteroatoms. The Hall–Kier alpha value is -2.81. The van der Waals surface area contributed by atoms with E-state index in [0.717, 1.165) is 19.3 Å². The van der Waals surface area contributed by atoms with E-state index in [1.165, 1.54) is 24.5 Å². The molecule has 1 aromatic carbocycles. The summed E-state index contributed by atoms with van der Waals surface area (Å²) in [7, 11) is 1.28. The van der Waals surface area contributed by atoms with Crippen LogP contribution in [0.5, 0.6) is 0 Å². The van der Waals surface area contributed by atoms with Crippen LogP contribution in [-0.2, 0) is 11.3 Å². The molecular formula is C19H23N3O5S. The Labute approximate surface area is 167 Å². The monoisotopic (exact) mass is 405 g/mol. The first-order valence-corrected chi connectivity index (χ1v) is 9.82. The fraction of sp³-hybridized carbons (Fsp3) is 0.421. The summed E-state index contributed by atoms with van der Waals surface area (Å²) in [6, 6.07) is 4.49. The number of rotatable bonds is 9. The van der Waals surface area contributed by atoms with E-state index in [9.17, 15) is 19.7 Å². The Morgan fingerprint density at radius 3 is 2.71 bits per heavy atom. The number of amides is 1. The zero-order valence-corrected chi connectivity index (χ0v) is 17.0. The van der Waals surface area contributed by atoms with Gasteiger partial charge in [-0.05, 0) is 19.4 Å². The number of thiazole rings is 1. The molecule has 1 amide bonds. The number of aryl methyl sites for hydroxylation is 1. The van der Waals surface area contributed by atoms with Crippen molar-refractivity contribution in [1.29, 1.82) is 0 Å². The lowest BCUT2D eigenvalue weighted by molar-refractivity contribution is -0.385. The zero-order valence-electron chi connectivity index (χ0n) is 16.1. The van der Waals surface area contributed by atoms with Crippen molar-refractivity contribution in [2.24, 2.45) is 0 Å². The number of nitro benzene ring substituents is 1. The van der Waals surface area contributed by atoms with Crippen LogP contribution in [0.2, 0.25) is 0 Å². The molecule has 0 N–H and O–H groups in total. The Bertz CT molecular complexity index is 865. The van der Waals surface area contributed by atoms with Gasteiger partial charge in [-0.1, -0.05) is 25.8 Å². The van der Waals surface area contributed by atoms with Crippen molar-refractivity contribution < 1.29 is 19.2 Å². The number of carbonyl (C=O) groups excluding carboxylic acids is 2. The number of hydrogen-bond donors (Lipinski definition) is 0. The summed E-state index contributed by atoms with van der Waals surface area (Å²) in [6.45, 7) is 4.43. The van der Waals surface area contributed by atoms with Gasteiger partial charge in [-0.15, -0.1) is 11.3 Å². The van der Waals surface area contributed by atoms with E-state index < -0.39 is 10.9 Å². The molecule has 150 valence electrons. The maximum atomic E-state index is 13.0. The average Bonchev–Trinajstić information content (AvgIpc) is 3.15. The van der Waals surface area contributed by atoms with Gasteiger partial charge in [0, 0.05) is 29.1 Å². The fourth-order valence-corrected chi connectivity index (χ4v) is 3.45. The second-order valence-corrected chi connectivity index (χ2v) is 7.25. The van der Waals surface area contributed by atoms with Gasteiger partial charge in [0.25, 0.3) is 11.6 Å². The minimum absolute atomic E-state index is 0.0819. The number of esters is 1. The van der Waals surface area contributed by atoms with Crippen molar-refractivity contribution in [3.8, 4) is 0 Å². The number of methoxy groups -OCH3 is 1. The molecule has 0 saturated carbocycles. The maximum Gasteiger partial charge on any atom is 0.357 e. The zero-order chi connectivity index (χ0) is 20.7. The van der Waals surface area contributed by atoms with Crippen molar-refractivity contribution in [3.63, 3.8) is 0 Å². The third kappa shape index (κ3) is 5.35. The first kappa shape index (κ1) is 21.5. The Morgan fingerprint density at radius 1 is 1.32 bits per heavy atom. The van der Waals surface area contributed by atoms with Gasteiger partial charge >= 0.3 is 5.97 Å². The van der Waals surface area contributed by atoms with Crippen molar-refractivity contribution >= 4 is 28.9 Å². The minimum Gasteiger partial charge on any atom is -0.464 e. The molecule has 0 unspecified atom stereocenters. The fourth-order valence-electron chi connectivity index (χ4n) is 2.67. The Kier molecular flexibility index (Phi) is 7.62. The molecule has 0 spiro atoms. The van der Waals surface area contributed by atoms with Gasteiger partial charge in [0.2, 0.25) is 0 Å². The molecule has 1 heterocycles. The van der Waals surface area contributed by atoms with Gasteiger partial charge in [0.05, 0.1) is 18.6 Å². The topological polar surface area (TPSA) is 103 Å². The SMILES string of the molecule is CCCCCN(Cc1nc(C(=O)OC)cs1)C(=O)c1ccc(C)c([N+](=O)[O-])c1. The summed E-state index contributed by atoms with van der Waals surface area (Å²) in [5.41, 5.74) is 0.885. The van der Waals surface area contributed by atoms with Gasteiger partial charge in [-0.3, -0.25) is 14.9 Å². The number of nitrogens with zero attached hydrogens (tertiary/aromatic N) is 3. The van der Waals surface area contributed by atoms with Crippen LogP contribution in [0.1, 0.15) is 57.6 Å². The van der Waals surface area contributed by atoms with Crippen molar-refractivity contribution in [1.82, 2.24) is 9.88 Å². The van der Waals surface area contributed by atoms with Crippen LogP contribution >= 0.6 is 11.3 Å². The summed E-state index contributed by atoms with van der Waals surface area (Å²) in [5.74, 6) is -0.824. The van der Waals surface area contributed by atoms with E-state index in [2.05, 4.69) is 16.6 Å². The second kappa shape index (κ2) is 9.93. The first-order valence-electron chi connectivity index (χ1n) is 8.94. The number of carbonyl (C=O) groups is 2. The summed E-state index contributed by atoms with van der Waals surface area (Å²) in [5, 5.41) is 13.4. The molecule has 0 saturated heterocycles. The highest BCUT2D eigenvalue weighted by atomic mass is 32.1. The standard InChI is InChI=1S/C19H23N3O5S/c1-4-5-6-9-21(11-17-20-15(12-28-17)19(24)27-3)18(23)14-8-7-13(2)16(10-14)22(25)26/h7-8,10,12H,4-6,9,11H2,1-3H3. The van der Waals surface area contributed by atoms with E-state index in [1.54, 1.807) is 29.3 Å². The van der Waals surface area contributed by atoms with Crippen LogP contribution in [0, 0.1) is 17.0 Å². The molecule has 28 heavy (non-hydrogen) atoms. The molecule has 8 nitrogen and oxygen atoms in total. The van der Waals surface area contributed by atoms with Crippen molar-refractivity contribution in [2.45, 2.75) is 39.7 Å². The number of nitro groups is 1. The number of hydrogen-bond acceptors (Lipinski definition) is 7. The maximum absolute atomic E-state index is 13.0. The molecular weight excluding hydrogens is 382 g/mol. The predicted octanol–water partition coefficient (Wildman–Crippen LogP) is 3.98. The van der Waals surface area contributed by atoms with Crippen molar-refractivity contribution in [2.75, 3.05) is 13.7 Å². The third-order valence-electron chi connectivity index (χ3n) is 4.24. The highest BCUT2D eigenvalue weighted by molar-refractivity contribution is 7.09. The van der Waals surface area contributed by atoms with Gasteiger partial charge in [0.15, 0.2) is 5.69 Å². The van der Waals surface area contributed by atoms with Crippen molar-refractivity contribution in [3.05, 3.63) is 55.5 Å². The molecule has 0 aliphatic heterocycles. The van der Waals surface area contributed by atoms with E-state index in [4.69, 9.17) is 0 Å².